The number of rotatable bonds is 7. The van der Waals surface area contributed by atoms with Crippen LogP contribution in [0.15, 0.2) is 0 Å². The molecule has 0 aromatic heterocycles. The monoisotopic (exact) mass is 226 g/mol. The first-order valence-corrected chi connectivity index (χ1v) is 6.87. The summed E-state index contributed by atoms with van der Waals surface area (Å²) in [6.45, 7) is 13.0. The highest BCUT2D eigenvalue weighted by atomic mass is 15.1. The molecule has 0 aromatic rings. The van der Waals surface area contributed by atoms with Gasteiger partial charge < -0.3 is 10.2 Å². The third kappa shape index (κ3) is 4.84. The Labute approximate surface area is 102 Å². The molecule has 1 unspecified atom stereocenters. The topological polar surface area (TPSA) is 15.3 Å². The van der Waals surface area contributed by atoms with Crippen molar-refractivity contribution in [2.45, 2.75) is 53.0 Å². The Balaban J connectivity index is 2.28. The van der Waals surface area contributed by atoms with Gasteiger partial charge in [0, 0.05) is 12.6 Å². The molecular weight excluding hydrogens is 196 g/mol. The zero-order chi connectivity index (χ0) is 12.2. The summed E-state index contributed by atoms with van der Waals surface area (Å²) in [4.78, 5) is 2.62. The van der Waals surface area contributed by atoms with E-state index in [0.29, 0.717) is 11.5 Å². The first-order chi connectivity index (χ1) is 7.47. The van der Waals surface area contributed by atoms with Gasteiger partial charge in [0.25, 0.3) is 0 Å². The molecule has 1 aliphatic carbocycles. The molecule has 0 aliphatic heterocycles. The van der Waals surface area contributed by atoms with Crippen LogP contribution in [0.4, 0.5) is 0 Å². The van der Waals surface area contributed by atoms with Crippen LogP contribution in [-0.4, -0.2) is 37.6 Å². The van der Waals surface area contributed by atoms with Gasteiger partial charge in [-0.05, 0) is 50.7 Å². The summed E-state index contributed by atoms with van der Waals surface area (Å²) in [5.74, 6) is 1.02. The van der Waals surface area contributed by atoms with Gasteiger partial charge >= 0.3 is 0 Å². The number of nitrogens with one attached hydrogen (secondary N) is 1. The lowest BCUT2D eigenvalue weighted by Crippen LogP contribution is -2.41. The van der Waals surface area contributed by atoms with Crippen LogP contribution in [0.5, 0.6) is 0 Å². The summed E-state index contributed by atoms with van der Waals surface area (Å²) in [5, 5.41) is 3.46. The molecule has 1 rings (SSSR count). The first-order valence-electron chi connectivity index (χ1n) is 6.87. The minimum absolute atomic E-state index is 0.369. The quantitative estimate of drug-likeness (QED) is 0.718. The standard InChI is InChI=1S/C14H30N2/c1-6-16(11-12-7-8-12)10-9-13(15-5)14(2,3)4/h12-13,15H,6-11H2,1-5H3. The predicted octanol–water partition coefficient (Wildman–Crippen LogP) is 2.74. The van der Waals surface area contributed by atoms with Crippen molar-refractivity contribution in [3.05, 3.63) is 0 Å². The molecule has 0 amide bonds. The van der Waals surface area contributed by atoms with E-state index in [9.17, 15) is 0 Å². The molecule has 0 spiro atoms. The van der Waals surface area contributed by atoms with Crippen molar-refractivity contribution < 1.29 is 0 Å². The Morgan fingerprint density at radius 3 is 2.31 bits per heavy atom. The molecule has 0 saturated heterocycles. The van der Waals surface area contributed by atoms with E-state index in [2.05, 4.69) is 45.0 Å². The van der Waals surface area contributed by atoms with E-state index in [-0.39, 0.29) is 0 Å². The highest BCUT2D eigenvalue weighted by Crippen LogP contribution is 2.30. The van der Waals surface area contributed by atoms with E-state index in [1.807, 2.05) is 0 Å². The summed E-state index contributed by atoms with van der Waals surface area (Å²) >= 11 is 0. The lowest BCUT2D eigenvalue weighted by molar-refractivity contribution is 0.211. The van der Waals surface area contributed by atoms with Gasteiger partial charge in [0.05, 0.1) is 0 Å². The zero-order valence-electron chi connectivity index (χ0n) is 11.8. The molecule has 1 saturated carbocycles. The van der Waals surface area contributed by atoms with Crippen molar-refractivity contribution in [1.82, 2.24) is 10.2 Å². The Morgan fingerprint density at radius 2 is 1.94 bits per heavy atom. The Kier molecular flexibility index (Phi) is 5.26. The van der Waals surface area contributed by atoms with Crippen LogP contribution in [0.25, 0.3) is 0 Å². The molecular formula is C14H30N2. The van der Waals surface area contributed by atoms with Crippen molar-refractivity contribution >= 4 is 0 Å². The van der Waals surface area contributed by atoms with E-state index in [0.717, 1.165) is 5.92 Å². The maximum atomic E-state index is 3.46. The van der Waals surface area contributed by atoms with Crippen LogP contribution in [0.2, 0.25) is 0 Å². The van der Waals surface area contributed by atoms with E-state index >= 15 is 0 Å². The van der Waals surface area contributed by atoms with Crippen LogP contribution >= 0.6 is 0 Å². The molecule has 1 atom stereocenters. The van der Waals surface area contributed by atoms with Crippen molar-refractivity contribution in [1.29, 1.82) is 0 Å². The van der Waals surface area contributed by atoms with Gasteiger partial charge in [0.1, 0.15) is 0 Å². The van der Waals surface area contributed by atoms with Crippen molar-refractivity contribution in [3.8, 4) is 0 Å². The molecule has 1 aliphatic rings. The van der Waals surface area contributed by atoms with Crippen molar-refractivity contribution in [2.24, 2.45) is 11.3 Å². The highest BCUT2D eigenvalue weighted by Gasteiger charge is 2.26. The van der Waals surface area contributed by atoms with Crippen molar-refractivity contribution in [3.63, 3.8) is 0 Å². The molecule has 0 aromatic carbocycles. The minimum atomic E-state index is 0.369. The fraction of sp³-hybridized carbons (Fsp3) is 1.00. The molecule has 16 heavy (non-hydrogen) atoms. The molecule has 2 heteroatoms. The molecule has 2 nitrogen and oxygen atoms in total. The van der Waals surface area contributed by atoms with Gasteiger partial charge in [-0.25, -0.2) is 0 Å². The second-order valence-electron chi connectivity index (χ2n) is 6.33. The largest absolute Gasteiger partial charge is 0.316 e. The number of hydrogen-bond acceptors (Lipinski definition) is 2. The summed E-state index contributed by atoms with van der Waals surface area (Å²) in [5.41, 5.74) is 0.369. The summed E-state index contributed by atoms with van der Waals surface area (Å²) in [6.07, 6.45) is 4.19. The predicted molar refractivity (Wildman–Crippen MR) is 71.8 cm³/mol. The first kappa shape index (κ1) is 14.0. The number of hydrogen-bond donors (Lipinski definition) is 1. The smallest absolute Gasteiger partial charge is 0.0125 e. The summed E-state index contributed by atoms with van der Waals surface area (Å²) in [7, 11) is 2.09. The van der Waals surface area contributed by atoms with Gasteiger partial charge in [-0.15, -0.1) is 0 Å². The average molecular weight is 226 g/mol. The normalized spacial score (nSPS) is 19.1. The third-order valence-electron chi connectivity index (χ3n) is 3.79. The maximum absolute atomic E-state index is 3.46. The average Bonchev–Trinajstić information content (AvgIpc) is 2.98. The van der Waals surface area contributed by atoms with Crippen molar-refractivity contribution in [2.75, 3.05) is 26.7 Å². The minimum Gasteiger partial charge on any atom is -0.316 e. The highest BCUT2D eigenvalue weighted by molar-refractivity contribution is 4.82. The second-order valence-corrected chi connectivity index (χ2v) is 6.33. The Bertz CT molecular complexity index is 191. The van der Waals surface area contributed by atoms with Crippen LogP contribution in [0.1, 0.15) is 47.0 Å². The summed E-state index contributed by atoms with van der Waals surface area (Å²) < 4.78 is 0. The van der Waals surface area contributed by atoms with Gasteiger partial charge in [0.15, 0.2) is 0 Å². The lowest BCUT2D eigenvalue weighted by Gasteiger charge is -2.32. The fourth-order valence-electron chi connectivity index (χ4n) is 2.37. The Hall–Kier alpha value is -0.0800. The van der Waals surface area contributed by atoms with Crippen LogP contribution in [-0.2, 0) is 0 Å². The maximum Gasteiger partial charge on any atom is 0.0125 e. The third-order valence-corrected chi connectivity index (χ3v) is 3.79. The summed E-state index contributed by atoms with van der Waals surface area (Å²) in [6, 6.07) is 0.626. The second kappa shape index (κ2) is 6.02. The van der Waals surface area contributed by atoms with Gasteiger partial charge in [-0.1, -0.05) is 27.7 Å². The lowest BCUT2D eigenvalue weighted by atomic mass is 9.85. The molecule has 0 heterocycles. The van der Waals surface area contributed by atoms with E-state index in [4.69, 9.17) is 0 Å². The Morgan fingerprint density at radius 1 is 1.31 bits per heavy atom. The SMILES string of the molecule is CCN(CCC(NC)C(C)(C)C)CC1CC1. The zero-order valence-corrected chi connectivity index (χ0v) is 11.8. The van der Waals surface area contributed by atoms with E-state index in [1.54, 1.807) is 0 Å². The van der Waals surface area contributed by atoms with Crippen LogP contribution in [0.3, 0.4) is 0 Å². The van der Waals surface area contributed by atoms with Crippen LogP contribution < -0.4 is 5.32 Å². The fourth-order valence-corrected chi connectivity index (χ4v) is 2.37. The van der Waals surface area contributed by atoms with E-state index < -0.39 is 0 Å². The molecule has 0 radical (unpaired) electrons. The molecule has 1 N–H and O–H groups in total. The molecule has 0 bridgehead atoms. The van der Waals surface area contributed by atoms with Gasteiger partial charge in [-0.3, -0.25) is 0 Å². The number of nitrogens with zero attached hydrogens (tertiary/aromatic N) is 1. The van der Waals surface area contributed by atoms with E-state index in [1.165, 1.54) is 38.9 Å². The molecule has 1 fully saturated rings. The van der Waals surface area contributed by atoms with Gasteiger partial charge in [-0.2, -0.15) is 0 Å². The van der Waals surface area contributed by atoms with Crippen LogP contribution in [0, 0.1) is 11.3 Å². The van der Waals surface area contributed by atoms with Gasteiger partial charge in [0.2, 0.25) is 0 Å². The molecule has 96 valence electrons.